The van der Waals surface area contributed by atoms with Crippen molar-refractivity contribution in [3.63, 3.8) is 0 Å². The first-order valence-corrected chi connectivity index (χ1v) is 7.36. The van der Waals surface area contributed by atoms with Gasteiger partial charge in [-0.25, -0.2) is 4.79 Å². The summed E-state index contributed by atoms with van der Waals surface area (Å²) in [5.41, 5.74) is 0.659. The number of nitro groups is 1. The quantitative estimate of drug-likeness (QED) is 0.470. The molecule has 0 N–H and O–H groups in total. The van der Waals surface area contributed by atoms with E-state index in [1.165, 1.54) is 25.3 Å². The van der Waals surface area contributed by atoms with Crippen LogP contribution >= 0.6 is 0 Å². The number of carbonyl (C=O) groups excluding carboxylic acids is 2. The van der Waals surface area contributed by atoms with Crippen molar-refractivity contribution in [1.82, 2.24) is 0 Å². The molecule has 0 amide bonds. The van der Waals surface area contributed by atoms with Gasteiger partial charge >= 0.3 is 11.9 Å². The molecule has 132 valence electrons. The standard InChI is InChI=1S/C17H18N2O6/c1-9-13(16(20)24-3)15(14(10(2)18-9)17(21)25-4)11-7-5-6-8-12(11)19(22)23/h5-8,13,15H,1-4H3/i3D. The predicted molar refractivity (Wildman–Crippen MR) is 89.2 cm³/mol. The van der Waals surface area contributed by atoms with E-state index in [1.807, 2.05) is 0 Å². The monoisotopic (exact) mass is 347 g/mol. The van der Waals surface area contributed by atoms with Gasteiger partial charge in [0.25, 0.3) is 5.69 Å². The van der Waals surface area contributed by atoms with E-state index < -0.39 is 35.8 Å². The number of rotatable bonds is 4. The second kappa shape index (κ2) is 7.25. The molecule has 0 saturated carbocycles. The van der Waals surface area contributed by atoms with Gasteiger partial charge in [0, 0.05) is 29.0 Å². The van der Waals surface area contributed by atoms with Crippen LogP contribution < -0.4 is 0 Å². The third kappa shape index (κ3) is 3.28. The lowest BCUT2D eigenvalue weighted by Crippen LogP contribution is -2.36. The van der Waals surface area contributed by atoms with Crippen molar-refractivity contribution >= 4 is 23.3 Å². The van der Waals surface area contributed by atoms with Gasteiger partial charge in [0.15, 0.2) is 0 Å². The van der Waals surface area contributed by atoms with Gasteiger partial charge in [-0.15, -0.1) is 0 Å². The number of hydrogen-bond acceptors (Lipinski definition) is 7. The highest BCUT2D eigenvalue weighted by molar-refractivity contribution is 6.07. The number of esters is 2. The van der Waals surface area contributed by atoms with Crippen molar-refractivity contribution in [2.75, 3.05) is 14.2 Å². The molecule has 1 aromatic rings. The van der Waals surface area contributed by atoms with Gasteiger partial charge < -0.3 is 9.47 Å². The molecule has 1 aromatic carbocycles. The summed E-state index contributed by atoms with van der Waals surface area (Å²) >= 11 is 0. The van der Waals surface area contributed by atoms with E-state index in [2.05, 4.69) is 4.99 Å². The summed E-state index contributed by atoms with van der Waals surface area (Å²) in [6, 6.07) is 5.86. The lowest BCUT2D eigenvalue weighted by atomic mass is 9.75. The number of allylic oxidation sites excluding steroid dienone is 1. The number of nitrogens with zero attached hydrogens (tertiary/aromatic N) is 2. The Labute approximate surface area is 145 Å². The summed E-state index contributed by atoms with van der Waals surface area (Å²) in [6.07, 6.45) is 0. The number of benzene rings is 1. The molecule has 1 aliphatic heterocycles. The first-order valence-electron chi connectivity index (χ1n) is 8.07. The normalized spacial score (nSPS) is 20.4. The molecular weight excluding hydrogens is 328 g/mol. The van der Waals surface area contributed by atoms with Crippen LogP contribution in [0.5, 0.6) is 0 Å². The van der Waals surface area contributed by atoms with Gasteiger partial charge in [0.1, 0.15) is 5.92 Å². The van der Waals surface area contributed by atoms with Crippen LogP contribution in [-0.4, -0.2) is 36.8 Å². The molecule has 25 heavy (non-hydrogen) atoms. The zero-order valence-corrected chi connectivity index (χ0v) is 14.0. The van der Waals surface area contributed by atoms with Crippen molar-refractivity contribution in [2.45, 2.75) is 19.8 Å². The summed E-state index contributed by atoms with van der Waals surface area (Å²) in [7, 11) is 0.573. The Hall–Kier alpha value is -3.03. The molecule has 0 aromatic heterocycles. The topological polar surface area (TPSA) is 108 Å². The van der Waals surface area contributed by atoms with Crippen LogP contribution in [0.2, 0.25) is 0 Å². The summed E-state index contributed by atoms with van der Waals surface area (Å²) in [5, 5.41) is 11.5. The fourth-order valence-corrected chi connectivity index (χ4v) is 3.06. The molecule has 0 aliphatic carbocycles. The van der Waals surface area contributed by atoms with Crippen LogP contribution in [-0.2, 0) is 19.1 Å². The van der Waals surface area contributed by atoms with Crippen LogP contribution in [0.3, 0.4) is 0 Å². The predicted octanol–water partition coefficient (Wildman–Crippen LogP) is 2.39. The highest BCUT2D eigenvalue weighted by atomic mass is 16.6. The number of hydrogen-bond donors (Lipinski definition) is 0. The zero-order chi connectivity index (χ0) is 19.4. The molecule has 2 atom stereocenters. The van der Waals surface area contributed by atoms with Gasteiger partial charge in [-0.05, 0) is 13.8 Å². The minimum Gasteiger partial charge on any atom is -0.468 e. The Morgan fingerprint density at radius 3 is 2.56 bits per heavy atom. The maximum atomic E-state index is 12.5. The number of para-hydroxylation sites is 1. The summed E-state index contributed by atoms with van der Waals surface area (Å²) in [4.78, 5) is 40.0. The number of methoxy groups -OCH3 is 2. The van der Waals surface area contributed by atoms with Crippen molar-refractivity contribution in [2.24, 2.45) is 10.9 Å². The Kier molecular flexibility index (Phi) is 4.87. The average Bonchev–Trinajstić information content (AvgIpc) is 2.60. The lowest BCUT2D eigenvalue weighted by Gasteiger charge is -2.30. The molecule has 8 nitrogen and oxygen atoms in total. The first-order chi connectivity index (χ1) is 12.3. The average molecular weight is 347 g/mol. The Morgan fingerprint density at radius 1 is 1.28 bits per heavy atom. The van der Waals surface area contributed by atoms with E-state index in [0.29, 0.717) is 11.4 Å². The molecule has 1 aliphatic rings. The maximum absolute atomic E-state index is 12.5. The van der Waals surface area contributed by atoms with E-state index in [1.54, 1.807) is 19.9 Å². The zero-order valence-electron chi connectivity index (χ0n) is 15.0. The third-order valence-corrected chi connectivity index (χ3v) is 4.10. The van der Waals surface area contributed by atoms with Gasteiger partial charge in [0.2, 0.25) is 0 Å². The SMILES string of the molecule is [2H]COC(=O)C1C(C)=NC(C)=C(C(=O)OC)C1c1ccccc1[N+](=O)[O-]. The van der Waals surface area contributed by atoms with E-state index in [4.69, 9.17) is 10.8 Å². The molecule has 1 heterocycles. The van der Waals surface area contributed by atoms with Crippen molar-refractivity contribution in [3.05, 3.63) is 51.2 Å². The minimum absolute atomic E-state index is 0.0549. The summed E-state index contributed by atoms with van der Waals surface area (Å²) in [5.74, 6) is -3.58. The van der Waals surface area contributed by atoms with Crippen LogP contribution in [0.1, 0.15) is 26.7 Å². The lowest BCUT2D eigenvalue weighted by molar-refractivity contribution is -0.385. The van der Waals surface area contributed by atoms with Crippen molar-refractivity contribution in [3.8, 4) is 0 Å². The third-order valence-electron chi connectivity index (χ3n) is 4.10. The first kappa shape index (κ1) is 16.8. The fraction of sp³-hybridized carbons (Fsp3) is 0.353. The number of carbonyl (C=O) groups is 2. The second-order valence-corrected chi connectivity index (χ2v) is 5.48. The molecule has 8 heteroatoms. The van der Waals surface area contributed by atoms with Gasteiger partial charge in [-0.2, -0.15) is 0 Å². The Bertz CT molecular complexity index is 817. The molecule has 0 spiro atoms. The van der Waals surface area contributed by atoms with Crippen LogP contribution in [0, 0.1) is 16.0 Å². The highest BCUT2D eigenvalue weighted by Crippen LogP contribution is 2.43. The van der Waals surface area contributed by atoms with E-state index in [-0.39, 0.29) is 16.8 Å². The Morgan fingerprint density at radius 2 is 1.96 bits per heavy atom. The van der Waals surface area contributed by atoms with Crippen LogP contribution in [0.4, 0.5) is 5.69 Å². The van der Waals surface area contributed by atoms with E-state index >= 15 is 0 Å². The van der Waals surface area contributed by atoms with Gasteiger partial charge in [0.05, 0.1) is 26.1 Å². The summed E-state index contributed by atoms with van der Waals surface area (Å²) < 4.78 is 16.7. The number of nitro benzene ring substituents is 1. The van der Waals surface area contributed by atoms with E-state index in [0.717, 1.165) is 0 Å². The van der Waals surface area contributed by atoms with Crippen molar-refractivity contribution < 1.29 is 25.4 Å². The second-order valence-electron chi connectivity index (χ2n) is 5.48. The largest absolute Gasteiger partial charge is 0.468 e. The highest BCUT2D eigenvalue weighted by Gasteiger charge is 2.44. The number of aliphatic imine (C=N–C) groups is 1. The molecule has 0 saturated heterocycles. The fourth-order valence-electron chi connectivity index (χ4n) is 3.06. The molecule has 0 radical (unpaired) electrons. The van der Waals surface area contributed by atoms with Crippen LogP contribution in [0.25, 0.3) is 0 Å². The van der Waals surface area contributed by atoms with Gasteiger partial charge in [-0.1, -0.05) is 18.2 Å². The molecule has 2 unspecified atom stereocenters. The Balaban J connectivity index is 2.75. The molecule has 2 rings (SSSR count). The molecule has 0 fully saturated rings. The van der Waals surface area contributed by atoms with E-state index in [9.17, 15) is 19.7 Å². The van der Waals surface area contributed by atoms with Gasteiger partial charge in [-0.3, -0.25) is 19.9 Å². The molecule has 0 bridgehead atoms. The van der Waals surface area contributed by atoms with Crippen molar-refractivity contribution in [1.29, 1.82) is 0 Å². The summed E-state index contributed by atoms with van der Waals surface area (Å²) in [6.45, 7) is 3.15. The minimum atomic E-state index is -1.07. The molecular formula is C17H18N2O6. The smallest absolute Gasteiger partial charge is 0.336 e. The number of ether oxygens (including phenoxy) is 2. The maximum Gasteiger partial charge on any atom is 0.336 e. The van der Waals surface area contributed by atoms with Crippen LogP contribution in [0.15, 0.2) is 40.5 Å².